The lowest BCUT2D eigenvalue weighted by Gasteiger charge is -2.19. The largest absolute Gasteiger partial charge is 0.492 e. The minimum atomic E-state index is 0.332. The second kappa shape index (κ2) is 6.06. The Morgan fingerprint density at radius 1 is 1.12 bits per heavy atom. The summed E-state index contributed by atoms with van der Waals surface area (Å²) in [6.07, 6.45) is 0. The van der Waals surface area contributed by atoms with Crippen LogP contribution in [-0.4, -0.2) is 19.7 Å². The van der Waals surface area contributed by atoms with E-state index >= 15 is 0 Å². The predicted molar refractivity (Wildman–Crippen MR) is 73.7 cm³/mol. The van der Waals surface area contributed by atoms with Gasteiger partial charge in [0.05, 0.1) is 0 Å². The summed E-state index contributed by atoms with van der Waals surface area (Å²) < 4.78 is 5.82. The maximum atomic E-state index is 5.82. The van der Waals surface area contributed by atoms with E-state index in [1.807, 2.05) is 0 Å². The molecule has 0 aliphatic heterocycles. The number of nitrogens with one attached hydrogen (secondary N) is 1. The number of rotatable bonds is 5. The third-order valence-corrected chi connectivity index (χ3v) is 2.59. The Morgan fingerprint density at radius 3 is 2.24 bits per heavy atom. The van der Waals surface area contributed by atoms with Crippen molar-refractivity contribution in [2.24, 2.45) is 5.41 Å². The van der Waals surface area contributed by atoms with Crippen molar-refractivity contribution in [1.82, 2.24) is 5.32 Å². The van der Waals surface area contributed by atoms with Crippen LogP contribution in [0.4, 0.5) is 0 Å². The molecule has 0 saturated carbocycles. The molecule has 0 fully saturated rings. The van der Waals surface area contributed by atoms with Crippen molar-refractivity contribution in [3.05, 3.63) is 29.3 Å². The number of hydrogen-bond acceptors (Lipinski definition) is 2. The van der Waals surface area contributed by atoms with Crippen molar-refractivity contribution in [2.45, 2.75) is 34.6 Å². The van der Waals surface area contributed by atoms with E-state index in [0.29, 0.717) is 5.41 Å². The first-order chi connectivity index (χ1) is 7.90. The monoisotopic (exact) mass is 235 g/mol. The maximum Gasteiger partial charge on any atom is 0.125 e. The summed E-state index contributed by atoms with van der Waals surface area (Å²) in [5, 5.41) is 3.41. The Balaban J connectivity index is 2.32. The van der Waals surface area contributed by atoms with Gasteiger partial charge in [-0.2, -0.15) is 0 Å². The Bertz CT molecular complexity index is 332. The molecule has 0 aliphatic rings. The van der Waals surface area contributed by atoms with Crippen LogP contribution >= 0.6 is 0 Å². The van der Waals surface area contributed by atoms with Crippen molar-refractivity contribution in [3.8, 4) is 5.75 Å². The van der Waals surface area contributed by atoms with Crippen LogP contribution in [0.2, 0.25) is 0 Å². The molecule has 0 radical (unpaired) electrons. The molecule has 2 heteroatoms. The van der Waals surface area contributed by atoms with Crippen LogP contribution in [0.15, 0.2) is 18.2 Å². The Kier molecular flexibility index (Phi) is 5.01. The average molecular weight is 235 g/mol. The molecular weight excluding hydrogens is 210 g/mol. The first kappa shape index (κ1) is 14.0. The lowest BCUT2D eigenvalue weighted by molar-refractivity contribution is 0.294. The van der Waals surface area contributed by atoms with E-state index in [-0.39, 0.29) is 0 Å². The molecule has 0 unspecified atom stereocenters. The van der Waals surface area contributed by atoms with E-state index in [2.05, 4.69) is 58.1 Å². The Labute approximate surface area is 105 Å². The summed E-state index contributed by atoms with van der Waals surface area (Å²) >= 11 is 0. The molecule has 0 aliphatic carbocycles. The van der Waals surface area contributed by atoms with E-state index in [9.17, 15) is 0 Å². The van der Waals surface area contributed by atoms with Crippen molar-refractivity contribution < 1.29 is 4.74 Å². The summed E-state index contributed by atoms with van der Waals surface area (Å²) in [4.78, 5) is 0. The fourth-order valence-corrected chi connectivity index (χ4v) is 1.72. The van der Waals surface area contributed by atoms with Gasteiger partial charge < -0.3 is 10.1 Å². The predicted octanol–water partition coefficient (Wildman–Crippen LogP) is 3.32. The molecule has 0 atom stereocenters. The summed E-state index contributed by atoms with van der Waals surface area (Å²) in [5.41, 5.74) is 2.75. The molecule has 0 heterocycles. The fraction of sp³-hybridized carbons (Fsp3) is 0.600. The number of benzene rings is 1. The zero-order chi connectivity index (χ0) is 12.9. The van der Waals surface area contributed by atoms with Crippen LogP contribution in [-0.2, 0) is 0 Å². The second-order valence-electron chi connectivity index (χ2n) is 5.81. The van der Waals surface area contributed by atoms with E-state index < -0.39 is 0 Å². The summed E-state index contributed by atoms with van der Waals surface area (Å²) in [7, 11) is 0. The lowest BCUT2D eigenvalue weighted by Crippen LogP contribution is -2.30. The molecule has 17 heavy (non-hydrogen) atoms. The third-order valence-electron chi connectivity index (χ3n) is 2.59. The molecule has 1 aromatic carbocycles. The molecule has 96 valence electrons. The van der Waals surface area contributed by atoms with Crippen molar-refractivity contribution in [2.75, 3.05) is 19.7 Å². The Morgan fingerprint density at radius 2 is 1.71 bits per heavy atom. The summed E-state index contributed by atoms with van der Waals surface area (Å²) in [6, 6.07) is 6.24. The quantitative estimate of drug-likeness (QED) is 0.791. The normalized spacial score (nSPS) is 11.6. The van der Waals surface area contributed by atoms with Crippen LogP contribution in [0.25, 0.3) is 0 Å². The highest BCUT2D eigenvalue weighted by molar-refractivity contribution is 5.39. The van der Waals surface area contributed by atoms with Gasteiger partial charge in [-0.1, -0.05) is 39.0 Å². The van der Waals surface area contributed by atoms with Crippen LogP contribution in [0.5, 0.6) is 5.75 Å². The SMILES string of the molecule is Cc1cccc(C)c1OCCNCC(C)(C)C. The molecule has 0 spiro atoms. The highest BCUT2D eigenvalue weighted by Gasteiger charge is 2.08. The standard InChI is InChI=1S/C15H25NO/c1-12-7-6-8-13(2)14(12)17-10-9-16-11-15(3,4)5/h6-8,16H,9-11H2,1-5H3. The van der Waals surface area contributed by atoms with Gasteiger partial charge in [-0.05, 0) is 30.4 Å². The minimum Gasteiger partial charge on any atom is -0.492 e. The zero-order valence-corrected chi connectivity index (χ0v) is 11.8. The van der Waals surface area contributed by atoms with E-state index in [0.717, 1.165) is 25.4 Å². The Hall–Kier alpha value is -1.02. The molecule has 0 aromatic heterocycles. The number of ether oxygens (including phenoxy) is 1. The first-order valence-electron chi connectivity index (χ1n) is 6.30. The van der Waals surface area contributed by atoms with E-state index in [4.69, 9.17) is 4.74 Å². The molecule has 0 bridgehead atoms. The van der Waals surface area contributed by atoms with Crippen molar-refractivity contribution >= 4 is 0 Å². The molecule has 1 aromatic rings. The minimum absolute atomic E-state index is 0.332. The van der Waals surface area contributed by atoms with Crippen LogP contribution in [0.1, 0.15) is 31.9 Å². The first-order valence-corrected chi connectivity index (χ1v) is 6.30. The van der Waals surface area contributed by atoms with Gasteiger partial charge >= 0.3 is 0 Å². The average Bonchev–Trinajstić information content (AvgIpc) is 2.20. The van der Waals surface area contributed by atoms with Crippen LogP contribution in [0, 0.1) is 19.3 Å². The highest BCUT2D eigenvalue weighted by Crippen LogP contribution is 2.21. The van der Waals surface area contributed by atoms with E-state index in [1.54, 1.807) is 0 Å². The molecule has 1 rings (SSSR count). The zero-order valence-electron chi connectivity index (χ0n) is 11.8. The molecule has 2 nitrogen and oxygen atoms in total. The van der Waals surface area contributed by atoms with Gasteiger partial charge in [0.15, 0.2) is 0 Å². The van der Waals surface area contributed by atoms with Gasteiger partial charge in [0.25, 0.3) is 0 Å². The van der Waals surface area contributed by atoms with Crippen LogP contribution < -0.4 is 10.1 Å². The maximum absolute atomic E-state index is 5.82. The fourth-order valence-electron chi connectivity index (χ4n) is 1.72. The smallest absolute Gasteiger partial charge is 0.125 e. The summed E-state index contributed by atoms with van der Waals surface area (Å²) in [6.45, 7) is 13.5. The van der Waals surface area contributed by atoms with Crippen LogP contribution in [0.3, 0.4) is 0 Å². The molecule has 0 amide bonds. The number of aryl methyl sites for hydroxylation is 2. The van der Waals surface area contributed by atoms with Gasteiger partial charge in [0.1, 0.15) is 12.4 Å². The molecule has 1 N–H and O–H groups in total. The number of para-hydroxylation sites is 1. The van der Waals surface area contributed by atoms with E-state index in [1.165, 1.54) is 11.1 Å². The topological polar surface area (TPSA) is 21.3 Å². The van der Waals surface area contributed by atoms with Crippen molar-refractivity contribution in [1.29, 1.82) is 0 Å². The van der Waals surface area contributed by atoms with Gasteiger partial charge in [0.2, 0.25) is 0 Å². The second-order valence-corrected chi connectivity index (χ2v) is 5.81. The van der Waals surface area contributed by atoms with Crippen molar-refractivity contribution in [3.63, 3.8) is 0 Å². The van der Waals surface area contributed by atoms with Gasteiger partial charge in [-0.25, -0.2) is 0 Å². The third kappa shape index (κ3) is 5.22. The lowest BCUT2D eigenvalue weighted by atomic mass is 9.97. The highest BCUT2D eigenvalue weighted by atomic mass is 16.5. The number of hydrogen-bond donors (Lipinski definition) is 1. The van der Waals surface area contributed by atoms with Gasteiger partial charge in [-0.15, -0.1) is 0 Å². The molecular formula is C15H25NO. The molecule has 0 saturated heterocycles. The van der Waals surface area contributed by atoms with Gasteiger partial charge in [0, 0.05) is 13.1 Å². The van der Waals surface area contributed by atoms with Gasteiger partial charge in [-0.3, -0.25) is 0 Å². The summed E-state index contributed by atoms with van der Waals surface area (Å²) in [5.74, 6) is 1.03.